The van der Waals surface area contributed by atoms with Crippen molar-refractivity contribution >= 4 is 0 Å². The van der Waals surface area contributed by atoms with E-state index < -0.39 is 11.7 Å². The molecule has 0 saturated heterocycles. The molecule has 0 aliphatic carbocycles. The third kappa shape index (κ3) is 2.03. The predicted molar refractivity (Wildman–Crippen MR) is 65.6 cm³/mol. The Morgan fingerprint density at radius 2 is 1.94 bits per heavy atom. The lowest BCUT2D eigenvalue weighted by Crippen LogP contribution is -2.55. The van der Waals surface area contributed by atoms with Crippen LogP contribution < -0.4 is 5.32 Å². The molecule has 18 heavy (non-hydrogen) atoms. The Balaban J connectivity index is 2.52. The molecule has 1 nitrogen and oxygen atoms in total. The third-order valence-electron chi connectivity index (χ3n) is 3.77. The standard InChI is InChI=1S/C14H18F3N/c1-9(2)10-4-5-12-11(8-10)6-7-18-13(12,3)14(15,16)17/h4-5,8-9,18H,6-7H2,1-3H3. The quantitative estimate of drug-likeness (QED) is 0.808. The number of hydrogen-bond donors (Lipinski definition) is 1. The summed E-state index contributed by atoms with van der Waals surface area (Å²) < 4.78 is 39.6. The zero-order valence-corrected chi connectivity index (χ0v) is 10.9. The van der Waals surface area contributed by atoms with Gasteiger partial charge in [0.15, 0.2) is 0 Å². The van der Waals surface area contributed by atoms with Gasteiger partial charge in [-0.05, 0) is 36.0 Å². The summed E-state index contributed by atoms with van der Waals surface area (Å²) in [6.07, 6.45) is -3.62. The van der Waals surface area contributed by atoms with Gasteiger partial charge in [-0.25, -0.2) is 0 Å². The molecule has 1 atom stereocenters. The Bertz CT molecular complexity index is 451. The topological polar surface area (TPSA) is 12.0 Å². The highest BCUT2D eigenvalue weighted by Crippen LogP contribution is 2.42. The first-order chi connectivity index (χ1) is 8.25. The summed E-state index contributed by atoms with van der Waals surface area (Å²) in [5, 5.41) is 2.62. The molecule has 0 radical (unpaired) electrons. The van der Waals surface area contributed by atoms with Gasteiger partial charge in [-0.15, -0.1) is 0 Å². The number of halogens is 3. The maximum Gasteiger partial charge on any atom is 0.410 e. The van der Waals surface area contributed by atoms with Crippen LogP contribution in [0.5, 0.6) is 0 Å². The molecule has 1 N–H and O–H groups in total. The van der Waals surface area contributed by atoms with Crippen LogP contribution in [0.4, 0.5) is 13.2 Å². The highest BCUT2D eigenvalue weighted by Gasteiger charge is 2.53. The van der Waals surface area contributed by atoms with Crippen LogP contribution in [0.2, 0.25) is 0 Å². The normalized spacial score (nSPS) is 24.2. The molecule has 0 saturated carbocycles. The van der Waals surface area contributed by atoms with Crippen molar-refractivity contribution in [3.05, 3.63) is 34.9 Å². The number of benzene rings is 1. The number of nitrogens with one attached hydrogen (secondary N) is 1. The van der Waals surface area contributed by atoms with E-state index in [1.54, 1.807) is 12.1 Å². The van der Waals surface area contributed by atoms with Crippen LogP contribution in [0.15, 0.2) is 18.2 Å². The van der Waals surface area contributed by atoms with E-state index in [1.165, 1.54) is 6.92 Å². The maximum absolute atomic E-state index is 13.2. The fourth-order valence-electron chi connectivity index (χ4n) is 2.46. The molecule has 0 bridgehead atoms. The predicted octanol–water partition coefficient (Wildman–Crippen LogP) is 3.73. The summed E-state index contributed by atoms with van der Waals surface area (Å²) in [5.74, 6) is 0.335. The minimum atomic E-state index is -4.28. The van der Waals surface area contributed by atoms with Gasteiger partial charge < -0.3 is 0 Å². The van der Waals surface area contributed by atoms with Crippen molar-refractivity contribution < 1.29 is 13.2 Å². The van der Waals surface area contributed by atoms with Crippen LogP contribution in [-0.4, -0.2) is 12.7 Å². The first-order valence-electron chi connectivity index (χ1n) is 6.21. The first-order valence-corrected chi connectivity index (χ1v) is 6.21. The lowest BCUT2D eigenvalue weighted by Gasteiger charge is -2.39. The molecule has 1 aromatic rings. The van der Waals surface area contributed by atoms with E-state index in [0.29, 0.717) is 24.4 Å². The van der Waals surface area contributed by atoms with Crippen molar-refractivity contribution in [1.29, 1.82) is 0 Å². The van der Waals surface area contributed by atoms with Gasteiger partial charge in [0, 0.05) is 6.54 Å². The van der Waals surface area contributed by atoms with Crippen LogP contribution in [0, 0.1) is 0 Å². The maximum atomic E-state index is 13.2. The lowest BCUT2D eigenvalue weighted by molar-refractivity contribution is -0.196. The van der Waals surface area contributed by atoms with Crippen LogP contribution in [0.25, 0.3) is 0 Å². The largest absolute Gasteiger partial charge is 0.410 e. The average molecular weight is 257 g/mol. The molecule has 1 aliphatic heterocycles. The molecule has 0 spiro atoms. The second-order valence-electron chi connectivity index (χ2n) is 5.37. The summed E-state index contributed by atoms with van der Waals surface area (Å²) in [6, 6.07) is 5.36. The average Bonchev–Trinajstić information content (AvgIpc) is 2.27. The molecule has 0 amide bonds. The fourth-order valence-corrected chi connectivity index (χ4v) is 2.46. The van der Waals surface area contributed by atoms with Crippen molar-refractivity contribution in [3.8, 4) is 0 Å². The summed E-state index contributed by atoms with van der Waals surface area (Å²) in [5.41, 5.74) is 0.362. The molecule has 1 aromatic carbocycles. The Hall–Kier alpha value is -1.03. The Kier molecular flexibility index (Phi) is 3.18. The van der Waals surface area contributed by atoms with Crippen molar-refractivity contribution in [2.75, 3.05) is 6.54 Å². The van der Waals surface area contributed by atoms with Crippen LogP contribution >= 0.6 is 0 Å². The molecule has 1 aliphatic rings. The Morgan fingerprint density at radius 1 is 1.28 bits per heavy atom. The minimum absolute atomic E-state index is 0.335. The van der Waals surface area contributed by atoms with Gasteiger partial charge in [0.2, 0.25) is 0 Å². The molecule has 4 heteroatoms. The molecule has 1 unspecified atom stereocenters. The molecule has 1 heterocycles. The third-order valence-corrected chi connectivity index (χ3v) is 3.77. The van der Waals surface area contributed by atoms with Crippen molar-refractivity contribution in [3.63, 3.8) is 0 Å². The molecule has 2 rings (SSSR count). The van der Waals surface area contributed by atoms with Gasteiger partial charge in [-0.3, -0.25) is 5.32 Å². The van der Waals surface area contributed by atoms with E-state index in [9.17, 15) is 13.2 Å². The van der Waals surface area contributed by atoms with E-state index >= 15 is 0 Å². The second kappa shape index (κ2) is 4.26. The SMILES string of the molecule is CC(C)c1ccc2c(c1)CCNC2(C)C(F)(F)F. The van der Waals surface area contributed by atoms with E-state index in [1.807, 2.05) is 19.9 Å². The van der Waals surface area contributed by atoms with Crippen molar-refractivity contribution in [2.24, 2.45) is 0 Å². The molecular formula is C14H18F3N. The lowest BCUT2D eigenvalue weighted by atomic mass is 9.81. The monoisotopic (exact) mass is 257 g/mol. The summed E-state index contributed by atoms with van der Waals surface area (Å²) in [6.45, 7) is 5.68. The van der Waals surface area contributed by atoms with Crippen molar-refractivity contribution in [1.82, 2.24) is 5.32 Å². The van der Waals surface area contributed by atoms with Gasteiger partial charge in [-0.1, -0.05) is 32.0 Å². The number of alkyl halides is 3. The van der Waals surface area contributed by atoms with Gasteiger partial charge >= 0.3 is 6.18 Å². The number of rotatable bonds is 1. The van der Waals surface area contributed by atoms with Gasteiger partial charge in [0.05, 0.1) is 0 Å². The van der Waals surface area contributed by atoms with Crippen LogP contribution in [0.3, 0.4) is 0 Å². The zero-order valence-electron chi connectivity index (χ0n) is 10.9. The first kappa shape index (κ1) is 13.4. The molecular weight excluding hydrogens is 239 g/mol. The summed E-state index contributed by atoms with van der Waals surface area (Å²) in [7, 11) is 0. The van der Waals surface area contributed by atoms with Crippen molar-refractivity contribution in [2.45, 2.75) is 44.8 Å². The van der Waals surface area contributed by atoms with E-state index in [2.05, 4.69) is 5.32 Å². The van der Waals surface area contributed by atoms with Crippen LogP contribution in [-0.2, 0) is 12.0 Å². The smallest absolute Gasteiger partial charge is 0.300 e. The number of hydrogen-bond acceptors (Lipinski definition) is 1. The Morgan fingerprint density at radius 3 is 2.50 bits per heavy atom. The van der Waals surface area contributed by atoms with Crippen LogP contribution in [0.1, 0.15) is 43.4 Å². The van der Waals surface area contributed by atoms with Gasteiger partial charge in [0.1, 0.15) is 5.54 Å². The van der Waals surface area contributed by atoms with E-state index in [-0.39, 0.29) is 0 Å². The molecule has 0 fully saturated rings. The zero-order chi connectivity index (χ0) is 13.6. The highest BCUT2D eigenvalue weighted by atomic mass is 19.4. The molecule has 0 aromatic heterocycles. The second-order valence-corrected chi connectivity index (χ2v) is 5.37. The van der Waals surface area contributed by atoms with Gasteiger partial charge in [0.25, 0.3) is 0 Å². The van der Waals surface area contributed by atoms with Gasteiger partial charge in [-0.2, -0.15) is 13.2 Å². The fraction of sp³-hybridized carbons (Fsp3) is 0.571. The highest BCUT2D eigenvalue weighted by molar-refractivity contribution is 5.41. The summed E-state index contributed by atoms with van der Waals surface area (Å²) in [4.78, 5) is 0. The van der Waals surface area contributed by atoms with E-state index in [4.69, 9.17) is 0 Å². The Labute approximate surface area is 105 Å². The summed E-state index contributed by atoms with van der Waals surface area (Å²) >= 11 is 0. The molecule has 100 valence electrons. The minimum Gasteiger partial charge on any atom is -0.300 e. The van der Waals surface area contributed by atoms with E-state index in [0.717, 1.165) is 11.1 Å². The number of fused-ring (bicyclic) bond motifs is 1.